The lowest BCUT2D eigenvalue weighted by atomic mass is 10.1. The molecule has 0 aromatic carbocycles. The molecule has 0 amide bonds. The lowest BCUT2D eigenvalue weighted by molar-refractivity contribution is -0.138. The maximum absolute atomic E-state index is 10.5. The third-order valence-corrected chi connectivity index (χ3v) is 1.94. The van der Waals surface area contributed by atoms with Crippen LogP contribution in [0.1, 0.15) is 5.56 Å². The Bertz CT molecular complexity index is 340. The summed E-state index contributed by atoms with van der Waals surface area (Å²) in [6.45, 7) is 0.828. The summed E-state index contributed by atoms with van der Waals surface area (Å²) in [4.78, 5) is 14.5. The molecular formula is C10H15N3O3. The summed E-state index contributed by atoms with van der Waals surface area (Å²) in [6, 6.07) is 2.50. The van der Waals surface area contributed by atoms with E-state index in [-0.39, 0.29) is 6.42 Å². The summed E-state index contributed by atoms with van der Waals surface area (Å²) >= 11 is 0. The van der Waals surface area contributed by atoms with Crippen molar-refractivity contribution in [1.82, 2.24) is 4.98 Å². The Labute approximate surface area is 93.2 Å². The minimum atomic E-state index is -1.02. The van der Waals surface area contributed by atoms with E-state index in [9.17, 15) is 4.79 Å². The Morgan fingerprint density at radius 2 is 2.31 bits per heavy atom. The maximum atomic E-state index is 10.5. The van der Waals surface area contributed by atoms with Crippen molar-refractivity contribution in [3.05, 3.63) is 23.9 Å². The number of rotatable bonds is 6. The maximum Gasteiger partial charge on any atom is 0.320 e. The van der Waals surface area contributed by atoms with Gasteiger partial charge in [-0.1, -0.05) is 6.07 Å². The molecule has 0 aliphatic carbocycles. The normalized spacial score (nSPS) is 12.1. The quantitative estimate of drug-likeness (QED) is 0.594. The molecule has 0 saturated carbocycles. The summed E-state index contributed by atoms with van der Waals surface area (Å²) in [7, 11) is 0. The number of hydrogen-bond acceptors (Lipinski definition) is 5. The van der Waals surface area contributed by atoms with Gasteiger partial charge in [0.05, 0.1) is 0 Å². The van der Waals surface area contributed by atoms with E-state index in [1.807, 2.05) is 0 Å². The van der Waals surface area contributed by atoms with Gasteiger partial charge in [-0.15, -0.1) is 0 Å². The molecule has 0 saturated heterocycles. The van der Waals surface area contributed by atoms with Crippen LogP contribution in [0.25, 0.3) is 0 Å². The standard InChI is InChI=1S/C10H15N3O3/c11-3-4-16-9-2-1-7(6-13-9)5-8(12)10(14)15/h1-2,6,8H,3-5,11-12H2,(H,14,15)/t8-/m0/s1. The van der Waals surface area contributed by atoms with E-state index in [1.54, 1.807) is 18.3 Å². The van der Waals surface area contributed by atoms with Crippen molar-refractivity contribution in [3.63, 3.8) is 0 Å². The van der Waals surface area contributed by atoms with Crippen LogP contribution in [-0.4, -0.2) is 35.3 Å². The SMILES string of the molecule is NCCOc1ccc(C[C@H](N)C(=O)O)cn1. The highest BCUT2D eigenvalue weighted by Gasteiger charge is 2.12. The van der Waals surface area contributed by atoms with Gasteiger partial charge < -0.3 is 21.3 Å². The van der Waals surface area contributed by atoms with Crippen LogP contribution in [0.5, 0.6) is 5.88 Å². The average Bonchev–Trinajstić information content (AvgIpc) is 2.28. The molecule has 6 heteroatoms. The number of nitrogens with zero attached hydrogens (tertiary/aromatic N) is 1. The number of carboxylic acid groups (broad SMARTS) is 1. The first-order chi connectivity index (χ1) is 7.63. The molecule has 6 nitrogen and oxygen atoms in total. The highest BCUT2D eigenvalue weighted by atomic mass is 16.5. The van der Waals surface area contributed by atoms with Gasteiger partial charge in [0, 0.05) is 18.8 Å². The number of pyridine rings is 1. The van der Waals surface area contributed by atoms with Gasteiger partial charge in [0.15, 0.2) is 0 Å². The molecule has 0 bridgehead atoms. The van der Waals surface area contributed by atoms with Crippen LogP contribution in [0.3, 0.4) is 0 Å². The fourth-order valence-electron chi connectivity index (χ4n) is 1.12. The van der Waals surface area contributed by atoms with Crippen molar-refractivity contribution in [2.24, 2.45) is 11.5 Å². The Morgan fingerprint density at radius 1 is 1.56 bits per heavy atom. The molecule has 88 valence electrons. The lowest BCUT2D eigenvalue weighted by Crippen LogP contribution is -2.32. The molecule has 16 heavy (non-hydrogen) atoms. The molecule has 0 unspecified atom stereocenters. The van der Waals surface area contributed by atoms with E-state index in [4.69, 9.17) is 21.3 Å². The van der Waals surface area contributed by atoms with E-state index in [1.165, 1.54) is 0 Å². The fourth-order valence-corrected chi connectivity index (χ4v) is 1.12. The number of carbonyl (C=O) groups is 1. The van der Waals surface area contributed by atoms with Gasteiger partial charge in [-0.25, -0.2) is 4.98 Å². The van der Waals surface area contributed by atoms with E-state index in [2.05, 4.69) is 4.98 Å². The number of hydrogen-bond donors (Lipinski definition) is 3. The van der Waals surface area contributed by atoms with Crippen molar-refractivity contribution in [2.75, 3.05) is 13.2 Å². The average molecular weight is 225 g/mol. The Kier molecular flexibility index (Phi) is 4.68. The van der Waals surface area contributed by atoms with Crippen LogP contribution >= 0.6 is 0 Å². The van der Waals surface area contributed by atoms with Crippen LogP contribution < -0.4 is 16.2 Å². The van der Waals surface area contributed by atoms with Crippen molar-refractivity contribution in [2.45, 2.75) is 12.5 Å². The van der Waals surface area contributed by atoms with Gasteiger partial charge in [-0.3, -0.25) is 4.79 Å². The van der Waals surface area contributed by atoms with E-state index in [0.717, 1.165) is 5.56 Å². The van der Waals surface area contributed by atoms with Crippen molar-refractivity contribution < 1.29 is 14.6 Å². The number of carboxylic acids is 1. The molecule has 0 fully saturated rings. The van der Waals surface area contributed by atoms with Crippen molar-refractivity contribution >= 4 is 5.97 Å². The highest BCUT2D eigenvalue weighted by molar-refractivity contribution is 5.73. The van der Waals surface area contributed by atoms with Crippen LogP contribution in [0.4, 0.5) is 0 Å². The second kappa shape index (κ2) is 6.04. The van der Waals surface area contributed by atoms with Crippen LogP contribution in [-0.2, 0) is 11.2 Å². The molecule has 5 N–H and O–H groups in total. The zero-order valence-corrected chi connectivity index (χ0v) is 8.80. The molecule has 0 radical (unpaired) electrons. The first-order valence-corrected chi connectivity index (χ1v) is 4.89. The second-order valence-electron chi connectivity index (χ2n) is 3.29. The van der Waals surface area contributed by atoms with E-state index < -0.39 is 12.0 Å². The third-order valence-electron chi connectivity index (χ3n) is 1.94. The zero-order valence-electron chi connectivity index (χ0n) is 8.80. The number of aromatic nitrogens is 1. The van der Waals surface area contributed by atoms with Crippen LogP contribution in [0.15, 0.2) is 18.3 Å². The van der Waals surface area contributed by atoms with Crippen LogP contribution in [0, 0.1) is 0 Å². The second-order valence-corrected chi connectivity index (χ2v) is 3.29. The minimum absolute atomic E-state index is 0.250. The first-order valence-electron chi connectivity index (χ1n) is 4.89. The lowest BCUT2D eigenvalue weighted by Gasteiger charge is -2.07. The summed E-state index contributed by atoms with van der Waals surface area (Å²) in [5.41, 5.74) is 11.4. The highest BCUT2D eigenvalue weighted by Crippen LogP contribution is 2.08. The number of aliphatic carboxylic acids is 1. The smallest absolute Gasteiger partial charge is 0.320 e. The largest absolute Gasteiger partial charge is 0.480 e. The molecule has 0 spiro atoms. The van der Waals surface area contributed by atoms with E-state index in [0.29, 0.717) is 19.0 Å². The molecule has 1 aromatic rings. The van der Waals surface area contributed by atoms with Crippen molar-refractivity contribution in [1.29, 1.82) is 0 Å². The zero-order chi connectivity index (χ0) is 12.0. The Balaban J connectivity index is 2.54. The molecule has 0 aliphatic heterocycles. The van der Waals surface area contributed by atoms with Crippen molar-refractivity contribution in [3.8, 4) is 5.88 Å². The molecule has 1 heterocycles. The molecule has 1 atom stereocenters. The molecular weight excluding hydrogens is 210 g/mol. The van der Waals surface area contributed by atoms with Crippen LogP contribution in [0.2, 0.25) is 0 Å². The summed E-state index contributed by atoms with van der Waals surface area (Å²) in [5, 5.41) is 8.63. The molecule has 1 rings (SSSR count). The first kappa shape index (κ1) is 12.4. The number of ether oxygens (including phenoxy) is 1. The fraction of sp³-hybridized carbons (Fsp3) is 0.400. The molecule has 1 aromatic heterocycles. The number of nitrogens with two attached hydrogens (primary N) is 2. The van der Waals surface area contributed by atoms with Gasteiger partial charge in [0.25, 0.3) is 0 Å². The van der Waals surface area contributed by atoms with Gasteiger partial charge in [0.2, 0.25) is 5.88 Å². The van der Waals surface area contributed by atoms with E-state index >= 15 is 0 Å². The summed E-state index contributed by atoms with van der Waals surface area (Å²) < 4.78 is 5.18. The Hall–Kier alpha value is -1.66. The summed E-state index contributed by atoms with van der Waals surface area (Å²) in [5.74, 6) is -0.554. The summed E-state index contributed by atoms with van der Waals surface area (Å²) in [6.07, 6.45) is 1.80. The monoisotopic (exact) mass is 225 g/mol. The minimum Gasteiger partial charge on any atom is -0.480 e. The van der Waals surface area contributed by atoms with Gasteiger partial charge in [-0.2, -0.15) is 0 Å². The predicted molar refractivity (Wildman–Crippen MR) is 58.1 cm³/mol. The Morgan fingerprint density at radius 3 is 2.81 bits per heavy atom. The van der Waals surface area contributed by atoms with Gasteiger partial charge >= 0.3 is 5.97 Å². The molecule has 0 aliphatic rings. The van der Waals surface area contributed by atoms with Gasteiger partial charge in [0.1, 0.15) is 12.6 Å². The topological polar surface area (TPSA) is 111 Å². The predicted octanol–water partition coefficient (Wildman–Crippen LogP) is -0.626. The van der Waals surface area contributed by atoms with Gasteiger partial charge in [-0.05, 0) is 12.0 Å². The third kappa shape index (κ3) is 3.84.